The highest BCUT2D eigenvalue weighted by Crippen LogP contribution is 2.19. The largest absolute Gasteiger partial charge is 0.382 e. The van der Waals surface area contributed by atoms with Gasteiger partial charge in [0.1, 0.15) is 0 Å². The van der Waals surface area contributed by atoms with E-state index in [0.717, 1.165) is 28.0 Å². The van der Waals surface area contributed by atoms with Crippen LogP contribution >= 0.6 is 0 Å². The number of aryl methyl sites for hydroxylation is 1. The zero-order valence-electron chi connectivity index (χ0n) is 16.8. The second kappa shape index (κ2) is 8.79. The van der Waals surface area contributed by atoms with Crippen LogP contribution in [-0.2, 0) is 16.0 Å². The van der Waals surface area contributed by atoms with E-state index in [1.807, 2.05) is 48.0 Å². The molecule has 0 radical (unpaired) electrons. The Morgan fingerprint density at radius 1 is 1.13 bits per heavy atom. The number of fused-ring (bicyclic) bond motifs is 1. The summed E-state index contributed by atoms with van der Waals surface area (Å²) in [6, 6.07) is 11.0. The monoisotopic (exact) mass is 402 g/mol. The lowest BCUT2D eigenvalue weighted by atomic mass is 10.1. The molecule has 30 heavy (non-hydrogen) atoms. The molecule has 4 aromatic rings. The number of ether oxygens (including phenoxy) is 1. The molecule has 1 amide bonds. The predicted octanol–water partition coefficient (Wildman–Crippen LogP) is 2.57. The first kappa shape index (κ1) is 19.7. The Morgan fingerprint density at radius 3 is 2.80 bits per heavy atom. The summed E-state index contributed by atoms with van der Waals surface area (Å²) in [4.78, 5) is 25.6. The smallest absolute Gasteiger partial charge is 0.226 e. The lowest BCUT2D eigenvalue weighted by Gasteiger charge is -2.17. The first-order valence-electron chi connectivity index (χ1n) is 9.59. The second-order valence-corrected chi connectivity index (χ2v) is 6.95. The van der Waals surface area contributed by atoms with E-state index >= 15 is 0 Å². The van der Waals surface area contributed by atoms with Crippen molar-refractivity contribution in [2.24, 2.45) is 0 Å². The SMILES string of the molecule is COC[C@@H](NC(=O)Cc1cc2cnn(-c3ccnc(C)c3)c2cn1)c1ccccn1. The van der Waals surface area contributed by atoms with Crippen molar-refractivity contribution in [3.8, 4) is 5.69 Å². The number of amides is 1. The number of hydrogen-bond acceptors (Lipinski definition) is 6. The highest BCUT2D eigenvalue weighted by molar-refractivity contribution is 5.83. The van der Waals surface area contributed by atoms with Crippen LogP contribution in [0, 0.1) is 6.92 Å². The molecule has 0 spiro atoms. The molecule has 0 fully saturated rings. The van der Waals surface area contributed by atoms with Crippen molar-refractivity contribution >= 4 is 16.8 Å². The minimum Gasteiger partial charge on any atom is -0.382 e. The molecule has 0 aromatic carbocycles. The van der Waals surface area contributed by atoms with Crippen molar-refractivity contribution in [3.05, 3.63) is 78.3 Å². The van der Waals surface area contributed by atoms with Gasteiger partial charge in [-0.1, -0.05) is 6.07 Å². The van der Waals surface area contributed by atoms with E-state index in [-0.39, 0.29) is 18.4 Å². The standard InChI is InChI=1S/C22H22N6O2/c1-15-9-18(6-8-23-15)28-21-13-25-17(10-16(21)12-26-28)11-22(29)27-20(14-30-2)19-5-3-4-7-24-19/h3-10,12-13,20H,11,14H2,1-2H3,(H,27,29)/t20-/m1/s1. The fraction of sp³-hybridized carbons (Fsp3) is 0.227. The summed E-state index contributed by atoms with van der Waals surface area (Å²) in [5.41, 5.74) is 4.13. The first-order chi connectivity index (χ1) is 14.6. The molecule has 1 N–H and O–H groups in total. The van der Waals surface area contributed by atoms with Crippen LogP contribution in [0.25, 0.3) is 16.6 Å². The van der Waals surface area contributed by atoms with Gasteiger partial charge in [0.25, 0.3) is 0 Å². The fourth-order valence-electron chi connectivity index (χ4n) is 3.30. The van der Waals surface area contributed by atoms with Gasteiger partial charge >= 0.3 is 0 Å². The van der Waals surface area contributed by atoms with E-state index in [0.29, 0.717) is 12.3 Å². The van der Waals surface area contributed by atoms with Gasteiger partial charge in [0.2, 0.25) is 5.91 Å². The third-order valence-electron chi connectivity index (χ3n) is 4.69. The van der Waals surface area contributed by atoms with Crippen LogP contribution in [0.5, 0.6) is 0 Å². The topological polar surface area (TPSA) is 94.8 Å². The number of carbonyl (C=O) groups excluding carboxylic acids is 1. The maximum Gasteiger partial charge on any atom is 0.226 e. The quantitative estimate of drug-likeness (QED) is 0.511. The van der Waals surface area contributed by atoms with Crippen molar-refractivity contribution in [1.29, 1.82) is 0 Å². The molecule has 4 rings (SSSR count). The number of pyridine rings is 3. The van der Waals surface area contributed by atoms with Crippen LogP contribution in [0.15, 0.2) is 61.2 Å². The molecule has 4 heterocycles. The molecular weight excluding hydrogens is 380 g/mol. The Morgan fingerprint density at radius 2 is 2.03 bits per heavy atom. The molecule has 0 aliphatic heterocycles. The fourth-order valence-corrected chi connectivity index (χ4v) is 3.30. The molecule has 0 unspecified atom stereocenters. The summed E-state index contributed by atoms with van der Waals surface area (Å²) < 4.78 is 7.05. The summed E-state index contributed by atoms with van der Waals surface area (Å²) in [6.45, 7) is 2.28. The molecule has 1 atom stereocenters. The predicted molar refractivity (Wildman–Crippen MR) is 112 cm³/mol. The van der Waals surface area contributed by atoms with Crippen LogP contribution in [0.2, 0.25) is 0 Å². The lowest BCUT2D eigenvalue weighted by molar-refractivity contribution is -0.121. The summed E-state index contributed by atoms with van der Waals surface area (Å²) in [6.07, 6.45) is 7.12. The molecule has 152 valence electrons. The summed E-state index contributed by atoms with van der Waals surface area (Å²) >= 11 is 0. The van der Waals surface area contributed by atoms with E-state index in [4.69, 9.17) is 4.74 Å². The van der Waals surface area contributed by atoms with E-state index in [1.165, 1.54) is 0 Å². The second-order valence-electron chi connectivity index (χ2n) is 6.95. The Bertz CT molecular complexity index is 1160. The van der Waals surface area contributed by atoms with Gasteiger partial charge in [-0.15, -0.1) is 0 Å². The zero-order chi connectivity index (χ0) is 20.9. The van der Waals surface area contributed by atoms with Crippen molar-refractivity contribution in [3.63, 3.8) is 0 Å². The number of methoxy groups -OCH3 is 1. The van der Waals surface area contributed by atoms with Crippen molar-refractivity contribution < 1.29 is 9.53 Å². The van der Waals surface area contributed by atoms with Gasteiger partial charge in [-0.25, -0.2) is 4.68 Å². The lowest BCUT2D eigenvalue weighted by Crippen LogP contribution is -2.33. The molecule has 4 aromatic heterocycles. The Hall–Kier alpha value is -3.65. The summed E-state index contributed by atoms with van der Waals surface area (Å²) in [5, 5.41) is 8.35. The number of nitrogens with one attached hydrogen (secondary N) is 1. The number of nitrogens with zero attached hydrogens (tertiary/aromatic N) is 5. The van der Waals surface area contributed by atoms with E-state index < -0.39 is 0 Å². The van der Waals surface area contributed by atoms with Crippen LogP contribution in [0.4, 0.5) is 0 Å². The van der Waals surface area contributed by atoms with Crippen LogP contribution < -0.4 is 5.32 Å². The molecule has 0 aliphatic rings. The first-order valence-corrected chi connectivity index (χ1v) is 9.59. The van der Waals surface area contributed by atoms with Crippen molar-refractivity contribution in [1.82, 2.24) is 30.0 Å². The van der Waals surface area contributed by atoms with Crippen molar-refractivity contribution in [2.45, 2.75) is 19.4 Å². The van der Waals surface area contributed by atoms with Crippen LogP contribution in [0.1, 0.15) is 23.1 Å². The van der Waals surface area contributed by atoms with Gasteiger partial charge in [-0.2, -0.15) is 5.10 Å². The van der Waals surface area contributed by atoms with Crippen molar-refractivity contribution in [2.75, 3.05) is 13.7 Å². The Labute approximate surface area is 174 Å². The van der Waals surface area contributed by atoms with E-state index in [9.17, 15) is 4.79 Å². The number of aromatic nitrogens is 5. The number of hydrogen-bond donors (Lipinski definition) is 1. The van der Waals surface area contributed by atoms with E-state index in [1.54, 1.807) is 31.9 Å². The molecule has 0 saturated heterocycles. The number of rotatable bonds is 7. The molecule has 0 aliphatic carbocycles. The average Bonchev–Trinajstić information content (AvgIpc) is 3.17. The Kier molecular flexibility index (Phi) is 5.76. The average molecular weight is 402 g/mol. The normalized spacial score (nSPS) is 12.1. The van der Waals surface area contributed by atoms with Crippen LogP contribution in [0.3, 0.4) is 0 Å². The Balaban J connectivity index is 1.50. The van der Waals surface area contributed by atoms with Crippen LogP contribution in [-0.4, -0.2) is 44.4 Å². The van der Waals surface area contributed by atoms with Gasteiger partial charge in [0.05, 0.1) is 54.1 Å². The van der Waals surface area contributed by atoms with Gasteiger partial charge in [0, 0.05) is 30.6 Å². The zero-order valence-corrected chi connectivity index (χ0v) is 16.8. The third-order valence-corrected chi connectivity index (χ3v) is 4.69. The summed E-state index contributed by atoms with van der Waals surface area (Å²) in [5.74, 6) is -0.147. The van der Waals surface area contributed by atoms with Gasteiger partial charge in [-0.05, 0) is 37.3 Å². The van der Waals surface area contributed by atoms with E-state index in [2.05, 4.69) is 25.4 Å². The van der Waals surface area contributed by atoms with Gasteiger partial charge in [-0.3, -0.25) is 19.7 Å². The molecule has 8 nitrogen and oxygen atoms in total. The molecule has 8 heteroatoms. The number of carbonyl (C=O) groups is 1. The molecule has 0 bridgehead atoms. The minimum atomic E-state index is -0.315. The summed E-state index contributed by atoms with van der Waals surface area (Å²) in [7, 11) is 1.60. The minimum absolute atomic E-state index is 0.147. The third kappa shape index (κ3) is 4.33. The highest BCUT2D eigenvalue weighted by Gasteiger charge is 2.17. The highest BCUT2D eigenvalue weighted by atomic mass is 16.5. The maximum absolute atomic E-state index is 12.6. The van der Waals surface area contributed by atoms with Gasteiger partial charge in [0.15, 0.2) is 0 Å². The maximum atomic E-state index is 12.6. The molecule has 0 saturated carbocycles. The molecular formula is C22H22N6O2. The van der Waals surface area contributed by atoms with Gasteiger partial charge < -0.3 is 10.1 Å².